The zero-order valence-corrected chi connectivity index (χ0v) is 11.0. The Morgan fingerprint density at radius 3 is 2.40 bits per heavy atom. The fourth-order valence-electron chi connectivity index (χ4n) is 1.74. The number of hydrogen-bond acceptors (Lipinski definition) is 4. The molecule has 0 unspecified atom stereocenters. The zero-order chi connectivity index (χ0) is 14.5. The molecule has 0 aliphatic heterocycles. The lowest BCUT2D eigenvalue weighted by Gasteiger charge is -2.09. The number of rotatable bonds is 2. The lowest BCUT2D eigenvalue weighted by atomic mass is 10.1. The zero-order valence-electron chi connectivity index (χ0n) is 11.0. The third-order valence-electron chi connectivity index (χ3n) is 2.86. The van der Waals surface area contributed by atoms with Gasteiger partial charge in [0.15, 0.2) is 5.84 Å². The SMILES string of the molecule is Cc1ccc(C(=NO)NC(=O)c2ccccc2N)cc1. The van der Waals surface area contributed by atoms with E-state index in [1.807, 2.05) is 19.1 Å². The van der Waals surface area contributed by atoms with E-state index < -0.39 is 5.91 Å². The van der Waals surface area contributed by atoms with Crippen LogP contribution in [0, 0.1) is 6.92 Å². The van der Waals surface area contributed by atoms with Crippen LogP contribution in [0.4, 0.5) is 5.69 Å². The van der Waals surface area contributed by atoms with Gasteiger partial charge in [0.25, 0.3) is 5.91 Å². The monoisotopic (exact) mass is 269 g/mol. The van der Waals surface area contributed by atoms with Crippen molar-refractivity contribution < 1.29 is 10.0 Å². The van der Waals surface area contributed by atoms with Crippen molar-refractivity contribution in [3.63, 3.8) is 0 Å². The molecule has 2 aromatic carbocycles. The van der Waals surface area contributed by atoms with E-state index in [4.69, 9.17) is 10.9 Å². The lowest BCUT2D eigenvalue weighted by molar-refractivity contribution is 0.0976. The molecule has 0 radical (unpaired) electrons. The van der Waals surface area contributed by atoms with Crippen LogP contribution in [0.1, 0.15) is 21.5 Å². The van der Waals surface area contributed by atoms with Crippen LogP contribution in [0.25, 0.3) is 0 Å². The summed E-state index contributed by atoms with van der Waals surface area (Å²) < 4.78 is 0. The number of nitrogens with two attached hydrogens (primary N) is 1. The Morgan fingerprint density at radius 1 is 1.15 bits per heavy atom. The van der Waals surface area contributed by atoms with E-state index >= 15 is 0 Å². The quantitative estimate of drug-likeness (QED) is 0.256. The molecule has 0 saturated heterocycles. The maximum absolute atomic E-state index is 12.1. The molecule has 5 nitrogen and oxygen atoms in total. The van der Waals surface area contributed by atoms with Crippen molar-refractivity contribution in [2.75, 3.05) is 5.73 Å². The Kier molecular flexibility index (Phi) is 4.00. The van der Waals surface area contributed by atoms with Crippen LogP contribution in [-0.2, 0) is 0 Å². The molecule has 0 heterocycles. The number of anilines is 1. The highest BCUT2D eigenvalue weighted by Gasteiger charge is 2.13. The number of oxime groups is 1. The number of carbonyl (C=O) groups excluding carboxylic acids is 1. The summed E-state index contributed by atoms with van der Waals surface area (Å²) >= 11 is 0. The van der Waals surface area contributed by atoms with E-state index in [1.54, 1.807) is 36.4 Å². The number of nitrogens with zero attached hydrogens (tertiary/aromatic N) is 1. The normalized spacial score (nSPS) is 11.2. The predicted octanol–water partition coefficient (Wildman–Crippen LogP) is 2.14. The second-order valence-corrected chi connectivity index (χ2v) is 4.36. The van der Waals surface area contributed by atoms with E-state index in [1.165, 1.54) is 0 Å². The smallest absolute Gasteiger partial charge is 0.259 e. The van der Waals surface area contributed by atoms with Crippen LogP contribution >= 0.6 is 0 Å². The Hall–Kier alpha value is -2.82. The summed E-state index contributed by atoms with van der Waals surface area (Å²) in [6.07, 6.45) is 0. The maximum atomic E-state index is 12.1. The fourth-order valence-corrected chi connectivity index (χ4v) is 1.74. The largest absolute Gasteiger partial charge is 0.409 e. The molecular weight excluding hydrogens is 254 g/mol. The second kappa shape index (κ2) is 5.88. The standard InChI is InChI=1S/C15H15N3O2/c1-10-6-8-11(9-7-10)14(18-20)17-15(19)12-4-2-3-5-13(12)16/h2-9,20H,16H2,1H3,(H,17,18,19). The van der Waals surface area contributed by atoms with Crippen LogP contribution in [0.3, 0.4) is 0 Å². The third-order valence-corrected chi connectivity index (χ3v) is 2.86. The number of para-hydroxylation sites is 1. The van der Waals surface area contributed by atoms with Crippen LogP contribution in [0.5, 0.6) is 0 Å². The number of hydrogen-bond donors (Lipinski definition) is 3. The first-order chi connectivity index (χ1) is 9.61. The number of nitrogens with one attached hydrogen (secondary N) is 1. The molecule has 0 atom stereocenters. The number of carbonyl (C=O) groups is 1. The van der Waals surface area contributed by atoms with Crippen molar-refractivity contribution in [2.45, 2.75) is 6.92 Å². The van der Waals surface area contributed by atoms with Crippen molar-refractivity contribution in [2.24, 2.45) is 5.16 Å². The molecule has 0 aromatic heterocycles. The summed E-state index contributed by atoms with van der Waals surface area (Å²) in [5.41, 5.74) is 8.12. The van der Waals surface area contributed by atoms with E-state index in [9.17, 15) is 4.79 Å². The molecule has 2 rings (SSSR count). The van der Waals surface area contributed by atoms with Crippen molar-refractivity contribution in [3.05, 3.63) is 65.2 Å². The Balaban J connectivity index is 2.21. The molecule has 4 N–H and O–H groups in total. The van der Waals surface area contributed by atoms with E-state index in [2.05, 4.69) is 10.5 Å². The Morgan fingerprint density at radius 2 is 1.80 bits per heavy atom. The number of benzene rings is 2. The van der Waals surface area contributed by atoms with Crippen molar-refractivity contribution in [3.8, 4) is 0 Å². The Bertz CT molecular complexity index is 648. The van der Waals surface area contributed by atoms with Crippen molar-refractivity contribution >= 4 is 17.4 Å². The molecule has 1 amide bonds. The van der Waals surface area contributed by atoms with Gasteiger partial charge in [0.2, 0.25) is 0 Å². The van der Waals surface area contributed by atoms with E-state index in [-0.39, 0.29) is 5.84 Å². The fraction of sp³-hybridized carbons (Fsp3) is 0.0667. The van der Waals surface area contributed by atoms with Gasteiger partial charge in [-0.3, -0.25) is 4.79 Å². The maximum Gasteiger partial charge on any atom is 0.259 e. The summed E-state index contributed by atoms with van der Waals surface area (Å²) in [5.74, 6) is -0.338. The first-order valence-electron chi connectivity index (χ1n) is 6.07. The molecule has 0 spiro atoms. The van der Waals surface area contributed by atoms with Gasteiger partial charge in [-0.15, -0.1) is 0 Å². The van der Waals surface area contributed by atoms with Crippen LogP contribution in [-0.4, -0.2) is 17.0 Å². The molecule has 0 fully saturated rings. The van der Waals surface area contributed by atoms with E-state index in [0.29, 0.717) is 16.8 Å². The van der Waals surface area contributed by atoms with Gasteiger partial charge in [-0.2, -0.15) is 0 Å². The van der Waals surface area contributed by atoms with Gasteiger partial charge in [0.05, 0.1) is 5.56 Å². The highest BCUT2D eigenvalue weighted by atomic mass is 16.4. The van der Waals surface area contributed by atoms with Gasteiger partial charge >= 0.3 is 0 Å². The van der Waals surface area contributed by atoms with Crippen LogP contribution < -0.4 is 11.1 Å². The Labute approximate surface area is 116 Å². The minimum absolute atomic E-state index is 0.0817. The van der Waals surface area contributed by atoms with Crippen molar-refractivity contribution in [1.29, 1.82) is 0 Å². The first kappa shape index (κ1) is 13.6. The number of aryl methyl sites for hydroxylation is 1. The predicted molar refractivity (Wildman–Crippen MR) is 77.8 cm³/mol. The highest BCUT2D eigenvalue weighted by molar-refractivity contribution is 6.14. The number of amidine groups is 1. The summed E-state index contributed by atoms with van der Waals surface area (Å²) in [5, 5.41) is 14.7. The topological polar surface area (TPSA) is 87.7 Å². The molecule has 5 heteroatoms. The van der Waals surface area contributed by atoms with Gasteiger partial charge in [-0.1, -0.05) is 47.1 Å². The average Bonchev–Trinajstić information content (AvgIpc) is 2.46. The van der Waals surface area contributed by atoms with Gasteiger partial charge in [0.1, 0.15) is 0 Å². The molecule has 0 bridgehead atoms. The molecular formula is C15H15N3O2. The van der Waals surface area contributed by atoms with E-state index in [0.717, 1.165) is 5.56 Å². The highest BCUT2D eigenvalue weighted by Crippen LogP contribution is 2.11. The molecule has 0 aliphatic rings. The minimum atomic E-state index is -0.420. The van der Waals surface area contributed by atoms with Crippen LogP contribution in [0.15, 0.2) is 53.7 Å². The summed E-state index contributed by atoms with van der Waals surface area (Å²) in [7, 11) is 0. The average molecular weight is 269 g/mol. The molecule has 0 saturated carbocycles. The summed E-state index contributed by atoms with van der Waals surface area (Å²) in [6.45, 7) is 1.95. The second-order valence-electron chi connectivity index (χ2n) is 4.36. The molecule has 20 heavy (non-hydrogen) atoms. The van der Waals surface area contributed by atoms with Gasteiger partial charge in [-0.25, -0.2) is 0 Å². The summed E-state index contributed by atoms with van der Waals surface area (Å²) in [4.78, 5) is 12.1. The summed E-state index contributed by atoms with van der Waals surface area (Å²) in [6, 6.07) is 14.0. The first-order valence-corrected chi connectivity index (χ1v) is 6.07. The third kappa shape index (κ3) is 2.95. The molecule has 2 aromatic rings. The molecule has 0 aliphatic carbocycles. The van der Waals surface area contributed by atoms with Gasteiger partial charge in [0, 0.05) is 11.3 Å². The van der Waals surface area contributed by atoms with Gasteiger partial charge < -0.3 is 16.3 Å². The molecule has 102 valence electrons. The van der Waals surface area contributed by atoms with Crippen molar-refractivity contribution in [1.82, 2.24) is 5.32 Å². The lowest BCUT2D eigenvalue weighted by Crippen LogP contribution is -2.31. The van der Waals surface area contributed by atoms with Crippen LogP contribution in [0.2, 0.25) is 0 Å². The number of amides is 1. The minimum Gasteiger partial charge on any atom is -0.409 e. The van der Waals surface area contributed by atoms with Gasteiger partial charge in [-0.05, 0) is 19.1 Å². The number of nitrogen functional groups attached to an aromatic ring is 1.